The zero-order chi connectivity index (χ0) is 13.1. The van der Waals surface area contributed by atoms with E-state index in [0.717, 1.165) is 5.69 Å². The lowest BCUT2D eigenvalue weighted by atomic mass is 10.2. The molecule has 94 valence electrons. The first-order valence-corrected chi connectivity index (χ1v) is 6.21. The highest BCUT2D eigenvalue weighted by molar-refractivity contribution is 9.10. The van der Waals surface area contributed by atoms with Crippen molar-refractivity contribution in [2.24, 2.45) is 7.05 Å². The van der Waals surface area contributed by atoms with Gasteiger partial charge >= 0.3 is 0 Å². The third-order valence-corrected chi connectivity index (χ3v) is 3.48. The molecule has 1 aromatic carbocycles. The summed E-state index contributed by atoms with van der Waals surface area (Å²) in [7, 11) is 1.90. The molecule has 5 heteroatoms. The van der Waals surface area contributed by atoms with Crippen LogP contribution in [0.1, 0.15) is 16.1 Å². The highest BCUT2D eigenvalue weighted by Crippen LogP contribution is 2.20. The number of hydrogen-bond donors (Lipinski definition) is 1. The zero-order valence-electron chi connectivity index (χ0n) is 9.78. The van der Waals surface area contributed by atoms with Crippen LogP contribution >= 0.6 is 15.9 Å². The van der Waals surface area contributed by atoms with Crippen molar-refractivity contribution in [2.45, 2.75) is 6.54 Å². The van der Waals surface area contributed by atoms with Crippen LogP contribution in [0.3, 0.4) is 0 Å². The van der Waals surface area contributed by atoms with Crippen LogP contribution in [0.5, 0.6) is 0 Å². The summed E-state index contributed by atoms with van der Waals surface area (Å²) in [6.45, 7) is 0.408. The fourth-order valence-corrected chi connectivity index (χ4v) is 2.07. The topological polar surface area (TPSA) is 34.0 Å². The van der Waals surface area contributed by atoms with Crippen LogP contribution in [0, 0.1) is 5.82 Å². The molecule has 0 radical (unpaired) electrons. The molecule has 0 aliphatic rings. The monoisotopic (exact) mass is 310 g/mol. The van der Waals surface area contributed by atoms with Crippen molar-refractivity contribution in [1.29, 1.82) is 0 Å². The van der Waals surface area contributed by atoms with Gasteiger partial charge in [0.15, 0.2) is 0 Å². The van der Waals surface area contributed by atoms with E-state index in [9.17, 15) is 9.18 Å². The van der Waals surface area contributed by atoms with Gasteiger partial charge in [-0.25, -0.2) is 4.39 Å². The second-order valence-corrected chi connectivity index (χ2v) is 4.69. The average molecular weight is 311 g/mol. The van der Waals surface area contributed by atoms with Crippen molar-refractivity contribution in [3.63, 3.8) is 0 Å². The van der Waals surface area contributed by atoms with Crippen molar-refractivity contribution < 1.29 is 9.18 Å². The van der Waals surface area contributed by atoms with Gasteiger partial charge < -0.3 is 9.88 Å². The van der Waals surface area contributed by atoms with E-state index in [1.807, 2.05) is 29.9 Å². The van der Waals surface area contributed by atoms with E-state index in [2.05, 4.69) is 21.2 Å². The Kier molecular flexibility index (Phi) is 3.81. The largest absolute Gasteiger partial charge is 0.353 e. The quantitative estimate of drug-likeness (QED) is 0.929. The lowest BCUT2D eigenvalue weighted by molar-refractivity contribution is 0.0949. The number of nitrogens with zero attached hydrogens (tertiary/aromatic N) is 1. The summed E-state index contributed by atoms with van der Waals surface area (Å²) < 4.78 is 15.4. The van der Waals surface area contributed by atoms with Crippen LogP contribution in [0.25, 0.3) is 0 Å². The summed E-state index contributed by atoms with van der Waals surface area (Å²) in [4.78, 5) is 11.9. The van der Waals surface area contributed by atoms with Gasteiger partial charge in [-0.1, -0.05) is 6.07 Å². The van der Waals surface area contributed by atoms with Crippen LogP contribution in [0.2, 0.25) is 0 Å². The highest BCUT2D eigenvalue weighted by Gasteiger charge is 2.12. The molecule has 0 spiro atoms. The number of hydrogen-bond acceptors (Lipinski definition) is 1. The average Bonchev–Trinajstić information content (AvgIpc) is 2.75. The van der Waals surface area contributed by atoms with Gasteiger partial charge in [-0.2, -0.15) is 0 Å². The van der Waals surface area contributed by atoms with Crippen molar-refractivity contribution in [1.82, 2.24) is 9.88 Å². The van der Waals surface area contributed by atoms with Crippen molar-refractivity contribution in [3.8, 4) is 0 Å². The first kappa shape index (κ1) is 12.8. The number of amides is 1. The van der Waals surface area contributed by atoms with Gasteiger partial charge in [0.05, 0.1) is 16.6 Å². The summed E-state index contributed by atoms with van der Waals surface area (Å²) in [5.74, 6) is -0.746. The Hall–Kier alpha value is -1.62. The predicted octanol–water partition coefficient (Wildman–Crippen LogP) is 2.86. The molecule has 1 heterocycles. The van der Waals surface area contributed by atoms with E-state index in [4.69, 9.17) is 0 Å². The van der Waals surface area contributed by atoms with Crippen LogP contribution < -0.4 is 5.32 Å². The van der Waals surface area contributed by atoms with Crippen LogP contribution in [-0.2, 0) is 13.6 Å². The molecule has 0 unspecified atom stereocenters. The number of aryl methyl sites for hydroxylation is 1. The standard InChI is InChI=1S/C13H12BrFN2O/c1-17-7-3-4-9(17)8-16-13(18)10-5-2-6-11(15)12(10)14/h2-7H,8H2,1H3,(H,16,18). The van der Waals surface area contributed by atoms with Gasteiger partial charge in [-0.05, 0) is 40.2 Å². The van der Waals surface area contributed by atoms with Gasteiger partial charge in [-0.3, -0.25) is 4.79 Å². The highest BCUT2D eigenvalue weighted by atomic mass is 79.9. The lowest BCUT2D eigenvalue weighted by Crippen LogP contribution is -2.24. The Morgan fingerprint density at radius 3 is 2.83 bits per heavy atom. The molecule has 2 aromatic rings. The molecule has 18 heavy (non-hydrogen) atoms. The molecule has 0 aliphatic carbocycles. The van der Waals surface area contributed by atoms with Gasteiger partial charge in [0.25, 0.3) is 5.91 Å². The third kappa shape index (κ3) is 2.61. The number of aromatic nitrogens is 1. The first-order chi connectivity index (χ1) is 8.59. The summed E-state index contributed by atoms with van der Waals surface area (Å²) >= 11 is 3.07. The molecule has 0 atom stereocenters. The van der Waals surface area contributed by atoms with E-state index in [-0.39, 0.29) is 10.4 Å². The molecule has 0 saturated carbocycles. The van der Waals surface area contributed by atoms with Crippen molar-refractivity contribution in [2.75, 3.05) is 0 Å². The minimum absolute atomic E-state index is 0.189. The number of carbonyl (C=O) groups excluding carboxylic acids is 1. The molecule has 0 aliphatic heterocycles. The molecular formula is C13H12BrFN2O. The summed E-state index contributed by atoms with van der Waals surface area (Å²) in [5.41, 5.74) is 1.28. The van der Waals surface area contributed by atoms with Crippen LogP contribution in [0.4, 0.5) is 4.39 Å². The summed E-state index contributed by atoms with van der Waals surface area (Å²) in [5, 5.41) is 2.75. The number of nitrogens with one attached hydrogen (secondary N) is 1. The summed E-state index contributed by atoms with van der Waals surface area (Å²) in [6, 6.07) is 8.21. The number of halogens is 2. The molecule has 1 amide bonds. The maximum absolute atomic E-state index is 13.3. The maximum atomic E-state index is 13.3. The molecular weight excluding hydrogens is 299 g/mol. The van der Waals surface area contributed by atoms with E-state index in [1.54, 1.807) is 6.07 Å². The number of benzene rings is 1. The molecule has 2 rings (SSSR count). The Balaban J connectivity index is 2.09. The van der Waals surface area contributed by atoms with E-state index < -0.39 is 5.82 Å². The first-order valence-electron chi connectivity index (χ1n) is 5.42. The second-order valence-electron chi connectivity index (χ2n) is 3.89. The second kappa shape index (κ2) is 5.35. The SMILES string of the molecule is Cn1cccc1CNC(=O)c1cccc(F)c1Br. The van der Waals surface area contributed by atoms with Crippen LogP contribution in [0.15, 0.2) is 41.0 Å². The normalized spacial score (nSPS) is 10.4. The van der Waals surface area contributed by atoms with E-state index in [1.165, 1.54) is 12.1 Å². The smallest absolute Gasteiger partial charge is 0.252 e. The Bertz CT molecular complexity index is 580. The summed E-state index contributed by atoms with van der Waals surface area (Å²) in [6.07, 6.45) is 1.90. The molecule has 3 nitrogen and oxygen atoms in total. The molecule has 0 bridgehead atoms. The minimum atomic E-state index is -0.443. The maximum Gasteiger partial charge on any atom is 0.252 e. The zero-order valence-corrected chi connectivity index (χ0v) is 11.4. The Morgan fingerprint density at radius 2 is 2.17 bits per heavy atom. The van der Waals surface area contributed by atoms with E-state index in [0.29, 0.717) is 12.1 Å². The third-order valence-electron chi connectivity index (χ3n) is 2.68. The van der Waals surface area contributed by atoms with Gasteiger partial charge in [0.2, 0.25) is 0 Å². The molecule has 1 aromatic heterocycles. The minimum Gasteiger partial charge on any atom is -0.353 e. The van der Waals surface area contributed by atoms with Crippen molar-refractivity contribution >= 4 is 21.8 Å². The van der Waals surface area contributed by atoms with Crippen molar-refractivity contribution in [3.05, 3.63) is 58.1 Å². The lowest BCUT2D eigenvalue weighted by Gasteiger charge is -2.08. The van der Waals surface area contributed by atoms with Gasteiger partial charge in [0, 0.05) is 18.9 Å². The Labute approximate surface area is 113 Å². The molecule has 1 N–H and O–H groups in total. The molecule has 0 fully saturated rings. The fourth-order valence-electron chi connectivity index (χ4n) is 1.63. The van der Waals surface area contributed by atoms with Gasteiger partial charge in [-0.15, -0.1) is 0 Å². The number of rotatable bonds is 3. The Morgan fingerprint density at radius 1 is 1.39 bits per heavy atom. The molecule has 0 saturated heterocycles. The van der Waals surface area contributed by atoms with E-state index >= 15 is 0 Å². The fraction of sp³-hybridized carbons (Fsp3) is 0.154. The van der Waals surface area contributed by atoms with Crippen LogP contribution in [-0.4, -0.2) is 10.5 Å². The van der Waals surface area contributed by atoms with Gasteiger partial charge in [0.1, 0.15) is 5.82 Å². The predicted molar refractivity (Wildman–Crippen MR) is 70.7 cm³/mol. The number of carbonyl (C=O) groups is 1.